The lowest BCUT2D eigenvalue weighted by Gasteiger charge is -2.20. The van der Waals surface area contributed by atoms with E-state index >= 15 is 0 Å². The van der Waals surface area contributed by atoms with Gasteiger partial charge < -0.3 is 4.57 Å². The fraction of sp³-hybridized carbons (Fsp3) is 0.533. The van der Waals surface area contributed by atoms with Gasteiger partial charge in [-0.1, -0.05) is 19.1 Å². The van der Waals surface area contributed by atoms with Crippen molar-refractivity contribution in [1.82, 2.24) is 9.55 Å². The Hall–Kier alpha value is -0.670. The molecule has 2 rings (SSSR count). The molecule has 2 unspecified atom stereocenters. The molecule has 1 aromatic carbocycles. The van der Waals surface area contributed by atoms with Gasteiger partial charge in [0.1, 0.15) is 5.82 Å². The Morgan fingerprint density at radius 3 is 2.74 bits per heavy atom. The van der Waals surface area contributed by atoms with Crippen molar-refractivity contribution >= 4 is 34.4 Å². The molecule has 19 heavy (non-hydrogen) atoms. The van der Waals surface area contributed by atoms with Crippen molar-refractivity contribution in [2.75, 3.05) is 12.0 Å². The Morgan fingerprint density at radius 1 is 1.42 bits per heavy atom. The van der Waals surface area contributed by atoms with Gasteiger partial charge in [-0.25, -0.2) is 4.98 Å². The van der Waals surface area contributed by atoms with E-state index in [2.05, 4.69) is 42.9 Å². The van der Waals surface area contributed by atoms with Crippen LogP contribution in [0.15, 0.2) is 18.2 Å². The number of hydrogen-bond acceptors (Lipinski definition) is 2. The first-order valence-corrected chi connectivity index (χ1v) is 8.53. The summed E-state index contributed by atoms with van der Waals surface area (Å²) < 4.78 is 2.34. The van der Waals surface area contributed by atoms with Crippen LogP contribution < -0.4 is 0 Å². The second-order valence-corrected chi connectivity index (χ2v) is 6.48. The van der Waals surface area contributed by atoms with Crippen molar-refractivity contribution in [1.29, 1.82) is 0 Å². The topological polar surface area (TPSA) is 17.8 Å². The molecular formula is C15H21ClN2S. The van der Waals surface area contributed by atoms with E-state index < -0.39 is 0 Å². The van der Waals surface area contributed by atoms with Gasteiger partial charge in [-0.05, 0) is 38.2 Å². The summed E-state index contributed by atoms with van der Waals surface area (Å²) in [6.07, 6.45) is 3.24. The molecule has 1 aromatic heterocycles. The number of halogens is 1. The third-order valence-corrected chi connectivity index (χ3v) is 4.41. The van der Waals surface area contributed by atoms with Gasteiger partial charge >= 0.3 is 0 Å². The van der Waals surface area contributed by atoms with E-state index in [0.29, 0.717) is 6.04 Å². The predicted molar refractivity (Wildman–Crippen MR) is 86.4 cm³/mol. The van der Waals surface area contributed by atoms with E-state index in [9.17, 15) is 0 Å². The minimum Gasteiger partial charge on any atom is -0.323 e. The number of imidazole rings is 1. The van der Waals surface area contributed by atoms with Crippen molar-refractivity contribution in [3.63, 3.8) is 0 Å². The first kappa shape index (κ1) is 14.7. The fourth-order valence-corrected chi connectivity index (χ4v) is 3.43. The highest BCUT2D eigenvalue weighted by atomic mass is 35.5. The molecule has 0 N–H and O–H groups in total. The van der Waals surface area contributed by atoms with E-state index in [1.807, 2.05) is 18.7 Å². The zero-order valence-electron chi connectivity index (χ0n) is 12.0. The van der Waals surface area contributed by atoms with E-state index in [4.69, 9.17) is 16.6 Å². The summed E-state index contributed by atoms with van der Waals surface area (Å²) in [5.41, 5.74) is 3.52. The van der Waals surface area contributed by atoms with E-state index in [1.54, 1.807) is 0 Å². The molecule has 0 aliphatic rings. The lowest BCUT2D eigenvalue weighted by molar-refractivity contribution is 0.530. The van der Waals surface area contributed by atoms with Crippen LogP contribution in [-0.4, -0.2) is 21.6 Å². The summed E-state index contributed by atoms with van der Waals surface area (Å²) >= 11 is 8.22. The molecular weight excluding hydrogens is 276 g/mol. The maximum absolute atomic E-state index is 6.34. The van der Waals surface area contributed by atoms with Crippen molar-refractivity contribution in [2.24, 2.45) is 0 Å². The summed E-state index contributed by atoms with van der Waals surface area (Å²) in [6, 6.07) is 6.82. The number of alkyl halides is 1. The monoisotopic (exact) mass is 296 g/mol. The van der Waals surface area contributed by atoms with Gasteiger partial charge in [-0.2, -0.15) is 11.8 Å². The summed E-state index contributed by atoms with van der Waals surface area (Å²) in [5.74, 6) is 2.08. The van der Waals surface area contributed by atoms with Gasteiger partial charge in [-0.15, -0.1) is 11.6 Å². The number of rotatable bonds is 5. The molecule has 0 radical (unpaired) electrons. The van der Waals surface area contributed by atoms with Crippen LogP contribution >= 0.6 is 23.4 Å². The van der Waals surface area contributed by atoms with Crippen LogP contribution in [0.2, 0.25) is 0 Å². The van der Waals surface area contributed by atoms with Crippen LogP contribution in [0.4, 0.5) is 0 Å². The van der Waals surface area contributed by atoms with Crippen LogP contribution in [0.25, 0.3) is 11.0 Å². The van der Waals surface area contributed by atoms with Crippen molar-refractivity contribution in [2.45, 2.75) is 38.6 Å². The number of nitrogens with zero attached hydrogens (tertiary/aromatic N) is 2. The number of aryl methyl sites for hydroxylation is 1. The average molecular weight is 297 g/mol. The minimum absolute atomic E-state index is 0.0669. The Bertz CT molecular complexity index is 563. The standard InChI is InChI=1S/C15H21ClN2S/c1-5-12(9-19-4)18-13-8-6-7-10(2)14(13)17-15(18)11(3)16/h6-8,11-12H,5,9H2,1-4H3. The zero-order chi connectivity index (χ0) is 14.0. The number of hydrogen-bond donors (Lipinski definition) is 0. The molecule has 2 nitrogen and oxygen atoms in total. The van der Waals surface area contributed by atoms with Crippen LogP contribution in [0.5, 0.6) is 0 Å². The molecule has 0 bridgehead atoms. The Labute approximate surface area is 124 Å². The Morgan fingerprint density at radius 2 is 2.16 bits per heavy atom. The number of fused-ring (bicyclic) bond motifs is 1. The maximum Gasteiger partial charge on any atom is 0.128 e. The van der Waals surface area contributed by atoms with Crippen LogP contribution in [-0.2, 0) is 0 Å². The lowest BCUT2D eigenvalue weighted by Crippen LogP contribution is -2.14. The third kappa shape index (κ3) is 2.77. The lowest BCUT2D eigenvalue weighted by atomic mass is 10.2. The van der Waals surface area contributed by atoms with Crippen LogP contribution in [0.3, 0.4) is 0 Å². The highest BCUT2D eigenvalue weighted by Crippen LogP contribution is 2.31. The summed E-state index contributed by atoms with van der Waals surface area (Å²) in [7, 11) is 0. The Balaban J connectivity index is 2.67. The van der Waals surface area contributed by atoms with Gasteiger partial charge in [-0.3, -0.25) is 0 Å². The van der Waals surface area contributed by atoms with Crippen LogP contribution in [0, 0.1) is 6.92 Å². The second-order valence-electron chi connectivity index (χ2n) is 4.92. The van der Waals surface area contributed by atoms with Gasteiger partial charge in [0, 0.05) is 11.8 Å². The molecule has 0 spiro atoms. The molecule has 0 saturated carbocycles. The van der Waals surface area contributed by atoms with E-state index in [-0.39, 0.29) is 5.38 Å². The maximum atomic E-state index is 6.34. The fourth-order valence-electron chi connectivity index (χ4n) is 2.51. The van der Waals surface area contributed by atoms with Gasteiger partial charge in [0.25, 0.3) is 0 Å². The summed E-state index contributed by atoms with van der Waals surface area (Å²) in [6.45, 7) is 6.34. The van der Waals surface area contributed by atoms with E-state index in [1.165, 1.54) is 11.1 Å². The van der Waals surface area contributed by atoms with Crippen LogP contribution in [0.1, 0.15) is 43.1 Å². The molecule has 2 atom stereocenters. The predicted octanol–water partition coefficient (Wildman–Crippen LogP) is 4.96. The first-order chi connectivity index (χ1) is 9.10. The Kier molecular flexibility index (Phi) is 4.80. The quantitative estimate of drug-likeness (QED) is 0.726. The number of benzene rings is 1. The number of para-hydroxylation sites is 1. The molecule has 0 aliphatic carbocycles. The van der Waals surface area contributed by atoms with Gasteiger partial charge in [0.2, 0.25) is 0 Å². The highest BCUT2D eigenvalue weighted by Gasteiger charge is 2.21. The smallest absolute Gasteiger partial charge is 0.128 e. The largest absolute Gasteiger partial charge is 0.323 e. The number of aromatic nitrogens is 2. The SMILES string of the molecule is CCC(CSC)n1c(C(C)Cl)nc2c(C)cccc21. The average Bonchev–Trinajstić information content (AvgIpc) is 2.77. The third-order valence-electron chi connectivity index (χ3n) is 3.50. The van der Waals surface area contributed by atoms with Crippen molar-refractivity contribution in [3.8, 4) is 0 Å². The van der Waals surface area contributed by atoms with Gasteiger partial charge in [0.15, 0.2) is 0 Å². The molecule has 0 amide bonds. The molecule has 1 heterocycles. The molecule has 2 aromatic rings. The molecule has 0 saturated heterocycles. The highest BCUT2D eigenvalue weighted by molar-refractivity contribution is 7.98. The van der Waals surface area contributed by atoms with Crippen molar-refractivity contribution < 1.29 is 0 Å². The summed E-state index contributed by atoms with van der Waals surface area (Å²) in [4.78, 5) is 4.78. The normalized spacial score (nSPS) is 14.8. The second kappa shape index (κ2) is 6.19. The molecule has 4 heteroatoms. The summed E-state index contributed by atoms with van der Waals surface area (Å²) in [5, 5.41) is -0.0669. The minimum atomic E-state index is -0.0669. The first-order valence-electron chi connectivity index (χ1n) is 6.70. The van der Waals surface area contributed by atoms with Crippen molar-refractivity contribution in [3.05, 3.63) is 29.6 Å². The molecule has 0 aliphatic heterocycles. The number of thioether (sulfide) groups is 1. The molecule has 104 valence electrons. The zero-order valence-corrected chi connectivity index (χ0v) is 13.6. The van der Waals surface area contributed by atoms with E-state index in [0.717, 1.165) is 23.5 Å². The van der Waals surface area contributed by atoms with Gasteiger partial charge in [0.05, 0.1) is 16.4 Å². The molecule has 0 fully saturated rings.